The molecule has 1 aromatic heterocycles. The van der Waals surface area contributed by atoms with Gasteiger partial charge in [0.15, 0.2) is 0 Å². The van der Waals surface area contributed by atoms with Crippen molar-refractivity contribution in [2.45, 2.75) is 46.8 Å². The van der Waals surface area contributed by atoms with Crippen LogP contribution in [0.3, 0.4) is 0 Å². The summed E-state index contributed by atoms with van der Waals surface area (Å²) in [5.41, 5.74) is 9.22. The number of hydrogen-bond donors (Lipinski definition) is 1. The van der Waals surface area contributed by atoms with Crippen LogP contribution < -0.4 is 10.5 Å². The molecule has 3 nitrogen and oxygen atoms in total. The number of benzene rings is 1. The standard InChI is InChI=1S/C16H22N2OS/c1-10-6-11(2)8-13(7-10)19-9-14-18-12(3)15(20-14)16(4,5)17/h6-8H,9,17H2,1-5H3. The summed E-state index contributed by atoms with van der Waals surface area (Å²) in [5, 5.41) is 0.968. The highest BCUT2D eigenvalue weighted by Gasteiger charge is 2.21. The molecule has 2 N–H and O–H groups in total. The fourth-order valence-corrected chi connectivity index (χ4v) is 3.27. The SMILES string of the molecule is Cc1cc(C)cc(OCc2nc(C)c(C(C)(C)N)s2)c1. The lowest BCUT2D eigenvalue weighted by molar-refractivity contribution is 0.305. The molecule has 0 aliphatic carbocycles. The van der Waals surface area contributed by atoms with Crippen molar-refractivity contribution in [2.24, 2.45) is 5.73 Å². The molecule has 0 saturated heterocycles. The van der Waals surface area contributed by atoms with Crippen molar-refractivity contribution in [1.29, 1.82) is 0 Å². The van der Waals surface area contributed by atoms with Gasteiger partial charge in [0.25, 0.3) is 0 Å². The number of nitrogens with zero attached hydrogens (tertiary/aromatic N) is 1. The Morgan fingerprint density at radius 3 is 2.25 bits per heavy atom. The molecule has 0 aliphatic heterocycles. The van der Waals surface area contributed by atoms with E-state index in [1.807, 2.05) is 32.9 Å². The maximum absolute atomic E-state index is 6.15. The third-order valence-electron chi connectivity index (χ3n) is 2.98. The fourth-order valence-electron chi connectivity index (χ4n) is 2.27. The Hall–Kier alpha value is -1.39. The molecule has 20 heavy (non-hydrogen) atoms. The maximum atomic E-state index is 6.15. The van der Waals surface area contributed by atoms with Gasteiger partial charge < -0.3 is 10.5 Å². The number of thiazole rings is 1. The van der Waals surface area contributed by atoms with Crippen LogP contribution in [0.5, 0.6) is 5.75 Å². The number of ether oxygens (including phenoxy) is 1. The summed E-state index contributed by atoms with van der Waals surface area (Å²) in [6, 6.07) is 6.22. The van der Waals surface area contributed by atoms with Crippen molar-refractivity contribution in [2.75, 3.05) is 0 Å². The molecule has 0 amide bonds. The molecule has 1 heterocycles. The van der Waals surface area contributed by atoms with Gasteiger partial charge in [-0.2, -0.15) is 0 Å². The van der Waals surface area contributed by atoms with Crippen LogP contribution in [0.2, 0.25) is 0 Å². The van der Waals surface area contributed by atoms with E-state index in [1.165, 1.54) is 11.1 Å². The molecule has 2 aromatic rings. The molecule has 0 unspecified atom stereocenters. The lowest BCUT2D eigenvalue weighted by atomic mass is 10.0. The summed E-state index contributed by atoms with van der Waals surface area (Å²) in [4.78, 5) is 5.67. The largest absolute Gasteiger partial charge is 0.486 e. The minimum Gasteiger partial charge on any atom is -0.486 e. The molecule has 0 fully saturated rings. The van der Waals surface area contributed by atoms with E-state index in [1.54, 1.807) is 11.3 Å². The predicted octanol–water partition coefficient (Wildman–Crippen LogP) is 3.84. The summed E-state index contributed by atoms with van der Waals surface area (Å²) in [6.07, 6.45) is 0. The predicted molar refractivity (Wildman–Crippen MR) is 84.3 cm³/mol. The average molecular weight is 290 g/mol. The Kier molecular flexibility index (Phi) is 4.16. The molecule has 0 radical (unpaired) electrons. The zero-order valence-corrected chi connectivity index (χ0v) is 13.6. The van der Waals surface area contributed by atoms with Crippen LogP contribution in [-0.4, -0.2) is 4.98 Å². The Morgan fingerprint density at radius 2 is 1.75 bits per heavy atom. The van der Waals surface area contributed by atoms with Crippen molar-refractivity contribution in [3.63, 3.8) is 0 Å². The summed E-state index contributed by atoms with van der Waals surface area (Å²) in [5.74, 6) is 0.893. The number of hydrogen-bond acceptors (Lipinski definition) is 4. The third kappa shape index (κ3) is 3.58. The number of aryl methyl sites for hydroxylation is 3. The van der Waals surface area contributed by atoms with Crippen LogP contribution in [0.1, 0.15) is 40.6 Å². The molecule has 0 bridgehead atoms. The van der Waals surface area contributed by atoms with Gasteiger partial charge in [-0.3, -0.25) is 0 Å². The first kappa shape index (κ1) is 15.0. The first-order chi connectivity index (χ1) is 9.25. The van der Waals surface area contributed by atoms with Crippen LogP contribution in [0.4, 0.5) is 0 Å². The number of nitrogens with two attached hydrogens (primary N) is 1. The number of rotatable bonds is 4. The lowest BCUT2D eigenvalue weighted by Crippen LogP contribution is -2.28. The minimum absolute atomic E-state index is 0.347. The average Bonchev–Trinajstić information content (AvgIpc) is 2.66. The Labute approximate surface area is 124 Å². The summed E-state index contributed by atoms with van der Waals surface area (Å²) < 4.78 is 5.84. The van der Waals surface area contributed by atoms with Gasteiger partial charge in [0.1, 0.15) is 17.4 Å². The molecular formula is C16H22N2OS. The molecule has 108 valence electrons. The zero-order chi connectivity index (χ0) is 14.9. The van der Waals surface area contributed by atoms with Crippen molar-refractivity contribution in [3.05, 3.63) is 44.9 Å². The number of aromatic nitrogens is 1. The van der Waals surface area contributed by atoms with Crippen molar-refractivity contribution in [1.82, 2.24) is 4.98 Å². The summed E-state index contributed by atoms with van der Waals surface area (Å²) in [6.45, 7) is 10.6. The molecular weight excluding hydrogens is 268 g/mol. The topological polar surface area (TPSA) is 48.1 Å². The van der Waals surface area contributed by atoms with Crippen LogP contribution in [0.15, 0.2) is 18.2 Å². The minimum atomic E-state index is -0.347. The van der Waals surface area contributed by atoms with Gasteiger partial charge in [-0.25, -0.2) is 4.98 Å². The maximum Gasteiger partial charge on any atom is 0.140 e. The normalized spacial score (nSPS) is 11.7. The van der Waals surface area contributed by atoms with Crippen molar-refractivity contribution >= 4 is 11.3 Å². The molecule has 2 rings (SSSR count). The van der Waals surface area contributed by atoms with Gasteiger partial charge in [-0.05, 0) is 57.9 Å². The molecule has 0 saturated carbocycles. The first-order valence-electron chi connectivity index (χ1n) is 6.72. The first-order valence-corrected chi connectivity index (χ1v) is 7.54. The second-order valence-electron chi connectivity index (χ2n) is 5.86. The van der Waals surface area contributed by atoms with Gasteiger partial charge in [0, 0.05) is 10.4 Å². The summed E-state index contributed by atoms with van der Waals surface area (Å²) in [7, 11) is 0. The third-order valence-corrected chi connectivity index (χ3v) is 4.45. The fraction of sp³-hybridized carbons (Fsp3) is 0.438. The zero-order valence-electron chi connectivity index (χ0n) is 12.8. The van der Waals surface area contributed by atoms with E-state index in [2.05, 4.69) is 24.9 Å². The molecule has 1 aromatic carbocycles. The van der Waals surface area contributed by atoms with Crippen LogP contribution in [-0.2, 0) is 12.1 Å². The van der Waals surface area contributed by atoms with Crippen LogP contribution >= 0.6 is 11.3 Å². The Bertz CT molecular complexity index is 591. The van der Waals surface area contributed by atoms with Crippen LogP contribution in [0.25, 0.3) is 0 Å². The smallest absolute Gasteiger partial charge is 0.140 e. The van der Waals surface area contributed by atoms with E-state index in [9.17, 15) is 0 Å². The van der Waals surface area contributed by atoms with E-state index >= 15 is 0 Å². The van der Waals surface area contributed by atoms with E-state index in [-0.39, 0.29) is 5.54 Å². The second-order valence-corrected chi connectivity index (χ2v) is 6.94. The van der Waals surface area contributed by atoms with E-state index in [0.29, 0.717) is 6.61 Å². The van der Waals surface area contributed by atoms with E-state index in [0.717, 1.165) is 21.3 Å². The van der Waals surface area contributed by atoms with Crippen LogP contribution in [0, 0.1) is 20.8 Å². The second kappa shape index (κ2) is 5.54. The Balaban J connectivity index is 2.11. The Morgan fingerprint density at radius 1 is 1.15 bits per heavy atom. The molecule has 0 spiro atoms. The highest BCUT2D eigenvalue weighted by molar-refractivity contribution is 7.11. The van der Waals surface area contributed by atoms with Gasteiger partial charge in [-0.15, -0.1) is 11.3 Å². The van der Waals surface area contributed by atoms with Crippen molar-refractivity contribution < 1.29 is 4.74 Å². The van der Waals surface area contributed by atoms with Gasteiger partial charge in [-0.1, -0.05) is 6.07 Å². The van der Waals surface area contributed by atoms with Gasteiger partial charge in [0.2, 0.25) is 0 Å². The lowest BCUT2D eigenvalue weighted by Gasteiger charge is -2.16. The van der Waals surface area contributed by atoms with E-state index in [4.69, 9.17) is 10.5 Å². The molecule has 0 aliphatic rings. The van der Waals surface area contributed by atoms with Crippen molar-refractivity contribution in [3.8, 4) is 5.75 Å². The highest BCUT2D eigenvalue weighted by Crippen LogP contribution is 2.28. The summed E-state index contributed by atoms with van der Waals surface area (Å²) >= 11 is 1.63. The molecule has 4 heteroatoms. The highest BCUT2D eigenvalue weighted by atomic mass is 32.1. The monoisotopic (exact) mass is 290 g/mol. The van der Waals surface area contributed by atoms with Gasteiger partial charge in [0.05, 0.1) is 5.69 Å². The van der Waals surface area contributed by atoms with Gasteiger partial charge >= 0.3 is 0 Å². The quantitative estimate of drug-likeness (QED) is 0.930. The van der Waals surface area contributed by atoms with E-state index < -0.39 is 0 Å². The molecule has 0 atom stereocenters.